The van der Waals surface area contributed by atoms with Gasteiger partial charge in [-0.15, -0.1) is 0 Å². The highest BCUT2D eigenvalue weighted by atomic mass is 16.5. The minimum absolute atomic E-state index is 0.108. The van der Waals surface area contributed by atoms with Crippen molar-refractivity contribution in [1.29, 1.82) is 0 Å². The highest BCUT2D eigenvalue weighted by Gasteiger charge is 2.14. The molecule has 0 spiro atoms. The van der Waals surface area contributed by atoms with E-state index in [0.29, 0.717) is 0 Å². The fraction of sp³-hybridized carbons (Fsp3) is 0.625. The number of nitrogens with one attached hydrogen (secondary N) is 2. The molecule has 0 aliphatic heterocycles. The number of hydrogen-bond donors (Lipinski definition) is 2. The van der Waals surface area contributed by atoms with Crippen LogP contribution in [0.25, 0.3) is 0 Å². The third-order valence-electron chi connectivity index (χ3n) is 3.85. The van der Waals surface area contributed by atoms with Crippen molar-refractivity contribution in [3.63, 3.8) is 0 Å². The quantitative estimate of drug-likeness (QED) is 0.894. The maximum atomic E-state index is 11.9. The second-order valence-corrected chi connectivity index (χ2v) is 5.74. The molecule has 1 aliphatic carbocycles. The predicted molar refractivity (Wildman–Crippen MR) is 81.5 cm³/mol. The van der Waals surface area contributed by atoms with Gasteiger partial charge in [0.1, 0.15) is 0 Å². The van der Waals surface area contributed by atoms with Gasteiger partial charge in [0.2, 0.25) is 5.43 Å². The predicted octanol–water partition coefficient (Wildman–Crippen LogP) is 2.29. The second kappa shape index (κ2) is 7.86. The molecule has 5 heteroatoms. The average molecular weight is 292 g/mol. The number of rotatable bonds is 4. The molecule has 116 valence electrons. The van der Waals surface area contributed by atoms with Gasteiger partial charge < -0.3 is 15.0 Å². The van der Waals surface area contributed by atoms with E-state index in [9.17, 15) is 9.59 Å². The molecule has 1 heterocycles. The van der Waals surface area contributed by atoms with Crippen LogP contribution in [0.4, 0.5) is 0 Å². The number of H-pyrrole nitrogens is 1. The monoisotopic (exact) mass is 292 g/mol. The van der Waals surface area contributed by atoms with Gasteiger partial charge in [-0.3, -0.25) is 9.59 Å². The smallest absolute Gasteiger partial charge is 0.258 e. The summed E-state index contributed by atoms with van der Waals surface area (Å²) in [6, 6.07) is 1.71. The summed E-state index contributed by atoms with van der Waals surface area (Å²) >= 11 is 0. The minimum Gasteiger partial charge on any atom is -0.478 e. The van der Waals surface area contributed by atoms with Crippen LogP contribution in [-0.4, -0.2) is 23.5 Å². The van der Waals surface area contributed by atoms with Crippen molar-refractivity contribution < 1.29 is 9.53 Å². The lowest BCUT2D eigenvalue weighted by Crippen LogP contribution is -2.38. The zero-order valence-electron chi connectivity index (χ0n) is 12.6. The minimum atomic E-state index is -0.204. The van der Waals surface area contributed by atoms with Crippen LogP contribution in [0.1, 0.15) is 50.6 Å². The van der Waals surface area contributed by atoms with Crippen LogP contribution >= 0.6 is 0 Å². The first kappa shape index (κ1) is 15.6. The van der Waals surface area contributed by atoms with Crippen LogP contribution < -0.4 is 15.5 Å². The van der Waals surface area contributed by atoms with E-state index in [2.05, 4.69) is 10.3 Å². The first-order valence-electron chi connectivity index (χ1n) is 7.76. The first-order valence-corrected chi connectivity index (χ1v) is 7.76. The van der Waals surface area contributed by atoms with E-state index in [-0.39, 0.29) is 29.7 Å². The summed E-state index contributed by atoms with van der Waals surface area (Å²) in [4.78, 5) is 26.5. The van der Waals surface area contributed by atoms with Gasteiger partial charge in [-0.25, -0.2) is 0 Å². The number of aromatic amines is 1. The fourth-order valence-electron chi connectivity index (χ4n) is 2.69. The third-order valence-corrected chi connectivity index (χ3v) is 3.85. The number of amides is 1. The summed E-state index contributed by atoms with van der Waals surface area (Å²) in [5.41, 5.74) is 0.566. The molecule has 21 heavy (non-hydrogen) atoms. The summed E-state index contributed by atoms with van der Waals surface area (Å²) in [5.74, 6) is 0.0361. The van der Waals surface area contributed by atoms with Gasteiger partial charge in [-0.2, -0.15) is 0 Å². The Balaban J connectivity index is 1.79. The third kappa shape index (κ3) is 5.25. The van der Waals surface area contributed by atoms with Crippen molar-refractivity contribution in [2.45, 2.75) is 57.9 Å². The molecular formula is C16H24N2O3. The largest absolute Gasteiger partial charge is 0.478 e. The number of aromatic nitrogens is 1. The molecule has 2 rings (SSSR count). The van der Waals surface area contributed by atoms with Gasteiger partial charge in [-0.1, -0.05) is 32.1 Å². The highest BCUT2D eigenvalue weighted by Crippen LogP contribution is 2.17. The van der Waals surface area contributed by atoms with Crippen molar-refractivity contribution in [2.24, 2.45) is 0 Å². The Morgan fingerprint density at radius 3 is 2.62 bits per heavy atom. The molecule has 1 saturated carbocycles. The van der Waals surface area contributed by atoms with Crippen LogP contribution in [0.15, 0.2) is 17.1 Å². The molecule has 1 aromatic rings. The molecule has 1 aromatic heterocycles. The highest BCUT2D eigenvalue weighted by molar-refractivity contribution is 5.77. The van der Waals surface area contributed by atoms with E-state index in [1.165, 1.54) is 44.4 Å². The number of pyridine rings is 1. The Kier molecular flexibility index (Phi) is 5.84. The van der Waals surface area contributed by atoms with Crippen LogP contribution in [-0.2, 0) is 4.79 Å². The van der Waals surface area contributed by atoms with Crippen molar-refractivity contribution in [3.8, 4) is 5.75 Å². The van der Waals surface area contributed by atoms with Gasteiger partial charge in [0.05, 0.1) is 0 Å². The van der Waals surface area contributed by atoms with Crippen molar-refractivity contribution >= 4 is 5.91 Å². The molecule has 0 atom stereocenters. The summed E-state index contributed by atoms with van der Waals surface area (Å²) in [6.07, 6.45) is 9.73. The van der Waals surface area contributed by atoms with E-state index in [4.69, 9.17) is 4.74 Å². The van der Waals surface area contributed by atoms with Crippen LogP contribution in [0.2, 0.25) is 0 Å². The van der Waals surface area contributed by atoms with Crippen molar-refractivity contribution in [3.05, 3.63) is 28.2 Å². The Morgan fingerprint density at radius 1 is 1.29 bits per heavy atom. The lowest BCUT2D eigenvalue weighted by atomic mass is 9.97. The maximum absolute atomic E-state index is 11.9. The summed E-state index contributed by atoms with van der Waals surface area (Å²) in [5, 5.41) is 3.01. The topological polar surface area (TPSA) is 71.2 Å². The van der Waals surface area contributed by atoms with Gasteiger partial charge >= 0.3 is 0 Å². The summed E-state index contributed by atoms with van der Waals surface area (Å²) in [7, 11) is 0. The normalized spacial score (nSPS) is 16.8. The molecule has 1 fully saturated rings. The molecule has 0 saturated heterocycles. The molecule has 0 unspecified atom stereocenters. The Morgan fingerprint density at radius 2 is 1.95 bits per heavy atom. The van der Waals surface area contributed by atoms with Crippen LogP contribution in [0, 0.1) is 6.92 Å². The number of carbonyl (C=O) groups excluding carboxylic acids is 1. The van der Waals surface area contributed by atoms with Crippen LogP contribution in [0.3, 0.4) is 0 Å². The van der Waals surface area contributed by atoms with Crippen molar-refractivity contribution in [1.82, 2.24) is 10.3 Å². The van der Waals surface area contributed by atoms with E-state index in [1.807, 2.05) is 0 Å². The van der Waals surface area contributed by atoms with Crippen molar-refractivity contribution in [2.75, 3.05) is 6.61 Å². The number of carbonyl (C=O) groups is 1. The standard InChI is InChI=1S/C16H24N2O3/c1-12-9-14(19)15(10-17-12)21-11-16(20)18-13-7-5-3-2-4-6-8-13/h9-10,13H,2-8,11H2,1H3,(H,17,19)(H,18,20). The molecule has 1 amide bonds. The fourth-order valence-corrected chi connectivity index (χ4v) is 2.69. The zero-order chi connectivity index (χ0) is 15.1. The lowest BCUT2D eigenvalue weighted by molar-refractivity contribution is -0.123. The molecule has 0 aromatic carbocycles. The van der Waals surface area contributed by atoms with E-state index >= 15 is 0 Å². The zero-order valence-corrected chi connectivity index (χ0v) is 12.6. The average Bonchev–Trinajstić information content (AvgIpc) is 2.41. The van der Waals surface area contributed by atoms with Crippen LogP contribution in [0.5, 0.6) is 5.75 Å². The van der Waals surface area contributed by atoms with Gasteiger partial charge in [-0.05, 0) is 19.8 Å². The molecule has 1 aliphatic rings. The van der Waals surface area contributed by atoms with Gasteiger partial charge in [0, 0.05) is 24.0 Å². The Hall–Kier alpha value is -1.78. The molecule has 0 bridgehead atoms. The molecule has 0 radical (unpaired) electrons. The summed E-state index contributed by atoms with van der Waals surface area (Å²) in [6.45, 7) is 1.69. The molecular weight excluding hydrogens is 268 g/mol. The number of aryl methyl sites for hydroxylation is 1. The number of ether oxygens (including phenoxy) is 1. The number of hydrogen-bond acceptors (Lipinski definition) is 3. The first-order chi connectivity index (χ1) is 10.1. The molecule has 5 nitrogen and oxygen atoms in total. The lowest BCUT2D eigenvalue weighted by Gasteiger charge is -2.21. The van der Waals surface area contributed by atoms with Gasteiger partial charge in [0.25, 0.3) is 5.91 Å². The van der Waals surface area contributed by atoms with E-state index in [0.717, 1.165) is 18.5 Å². The summed E-state index contributed by atoms with van der Waals surface area (Å²) < 4.78 is 5.30. The SMILES string of the molecule is Cc1cc(=O)c(OCC(=O)NC2CCCCCCC2)c[nH]1. The Bertz CT molecular complexity index is 516. The van der Waals surface area contributed by atoms with Gasteiger partial charge in [0.15, 0.2) is 12.4 Å². The molecule has 2 N–H and O–H groups in total. The van der Waals surface area contributed by atoms with E-state index < -0.39 is 0 Å². The maximum Gasteiger partial charge on any atom is 0.258 e. The Labute approximate surface area is 125 Å². The second-order valence-electron chi connectivity index (χ2n) is 5.74. The van der Waals surface area contributed by atoms with E-state index in [1.54, 1.807) is 6.92 Å².